The number of amides is 1. The first-order valence-electron chi connectivity index (χ1n) is 11.9. The lowest BCUT2D eigenvalue weighted by Crippen LogP contribution is -2.21. The molecular formula is C26H23N7O2S. The number of rotatable bonds is 6. The van der Waals surface area contributed by atoms with Gasteiger partial charge < -0.3 is 4.74 Å². The molecule has 6 rings (SSSR count). The minimum Gasteiger partial charge on any atom is -0.494 e. The van der Waals surface area contributed by atoms with Gasteiger partial charge in [-0.25, -0.2) is 9.97 Å². The molecule has 2 fully saturated rings. The van der Waals surface area contributed by atoms with Crippen molar-refractivity contribution in [1.29, 1.82) is 5.26 Å². The summed E-state index contributed by atoms with van der Waals surface area (Å²) in [7, 11) is 1.60. The molecule has 2 aliphatic rings. The number of carbonyl (C=O) groups excluding carboxylic acids is 1. The molecule has 1 amide bonds. The predicted octanol–water partition coefficient (Wildman–Crippen LogP) is 5.01. The van der Waals surface area contributed by atoms with Crippen LogP contribution in [0.5, 0.6) is 5.75 Å². The van der Waals surface area contributed by atoms with Gasteiger partial charge >= 0.3 is 0 Å². The zero-order valence-electron chi connectivity index (χ0n) is 19.9. The van der Waals surface area contributed by atoms with Gasteiger partial charge in [0.2, 0.25) is 0 Å². The number of aryl methyl sites for hydroxylation is 1. The summed E-state index contributed by atoms with van der Waals surface area (Å²) >= 11 is 1.28. The van der Waals surface area contributed by atoms with Gasteiger partial charge in [-0.3, -0.25) is 20.1 Å². The zero-order valence-corrected chi connectivity index (χ0v) is 20.7. The molecule has 4 aromatic rings. The van der Waals surface area contributed by atoms with E-state index in [0.29, 0.717) is 32.8 Å². The Morgan fingerprint density at radius 3 is 2.64 bits per heavy atom. The van der Waals surface area contributed by atoms with E-state index in [-0.39, 0.29) is 17.7 Å². The highest BCUT2D eigenvalue weighted by atomic mass is 32.1. The van der Waals surface area contributed by atoms with Gasteiger partial charge in [0.25, 0.3) is 5.91 Å². The molecule has 0 spiro atoms. The van der Waals surface area contributed by atoms with Gasteiger partial charge in [-0.1, -0.05) is 11.3 Å². The van der Waals surface area contributed by atoms with E-state index >= 15 is 0 Å². The van der Waals surface area contributed by atoms with Crippen molar-refractivity contribution in [2.75, 3.05) is 12.4 Å². The second-order valence-electron chi connectivity index (χ2n) is 9.35. The number of pyridine rings is 2. The highest BCUT2D eigenvalue weighted by molar-refractivity contribution is 7.21. The van der Waals surface area contributed by atoms with Crippen LogP contribution in [-0.2, 0) is 0 Å². The Hall–Kier alpha value is -3.97. The maximum atomic E-state index is 13.4. The molecule has 0 aromatic carbocycles. The number of nitrogens with one attached hydrogen (secondary N) is 1. The zero-order chi connectivity index (χ0) is 24.8. The molecule has 36 heavy (non-hydrogen) atoms. The fourth-order valence-corrected chi connectivity index (χ4v) is 5.31. The molecule has 1 N–H and O–H groups in total. The van der Waals surface area contributed by atoms with E-state index in [1.165, 1.54) is 11.3 Å². The topological polar surface area (TPSA) is 127 Å². The average molecular weight is 498 g/mol. The highest BCUT2D eigenvalue weighted by Crippen LogP contribution is 2.43. The fraction of sp³-hybridized carbons (Fsp3) is 0.346. The van der Waals surface area contributed by atoms with Crippen LogP contribution in [0.25, 0.3) is 21.6 Å². The van der Waals surface area contributed by atoms with E-state index in [4.69, 9.17) is 15.0 Å². The maximum Gasteiger partial charge on any atom is 0.259 e. The minimum absolute atomic E-state index is 0.0977. The standard InChI is InChI=1S/C26H23N7O2S/c1-13-5-17(18-8-20(15-3-4-15)29-12-22(18)35-2)19(10-28-13)24(34)33-26-32-23-25(36-26)31-21(11-30-23)16-6-14(7-16)9-27/h5,8,10-12,14-16H,3-4,6-7H2,1-2H3,(H,30,32,33,34). The Kier molecular flexibility index (Phi) is 5.57. The van der Waals surface area contributed by atoms with Gasteiger partial charge in [0.15, 0.2) is 15.6 Å². The number of hydrogen-bond acceptors (Lipinski definition) is 9. The van der Waals surface area contributed by atoms with Crippen LogP contribution in [-0.4, -0.2) is 37.9 Å². The first-order valence-corrected chi connectivity index (χ1v) is 12.7. The van der Waals surface area contributed by atoms with Crippen molar-refractivity contribution in [3.05, 3.63) is 53.4 Å². The molecule has 4 aromatic heterocycles. The molecule has 9 nitrogen and oxygen atoms in total. The number of fused-ring (bicyclic) bond motifs is 1. The van der Waals surface area contributed by atoms with E-state index in [1.807, 2.05) is 19.1 Å². The smallest absolute Gasteiger partial charge is 0.259 e. The first-order chi connectivity index (χ1) is 17.5. The Balaban J connectivity index is 1.30. The third-order valence-corrected chi connectivity index (χ3v) is 7.63. The molecule has 0 aliphatic heterocycles. The summed E-state index contributed by atoms with van der Waals surface area (Å²) in [6.07, 6.45) is 8.91. The van der Waals surface area contributed by atoms with Gasteiger partial charge in [0, 0.05) is 46.5 Å². The largest absolute Gasteiger partial charge is 0.494 e. The molecule has 2 saturated carbocycles. The van der Waals surface area contributed by atoms with Crippen LogP contribution in [0.15, 0.2) is 30.7 Å². The Morgan fingerprint density at radius 1 is 1.06 bits per heavy atom. The number of nitrogens with zero attached hydrogens (tertiary/aromatic N) is 6. The third kappa shape index (κ3) is 4.16. The van der Waals surface area contributed by atoms with Crippen LogP contribution in [0.2, 0.25) is 0 Å². The normalized spacial score (nSPS) is 18.9. The summed E-state index contributed by atoms with van der Waals surface area (Å²) in [5.41, 5.74) is 5.14. The van der Waals surface area contributed by atoms with Crippen LogP contribution in [0.4, 0.5) is 5.13 Å². The van der Waals surface area contributed by atoms with Gasteiger partial charge in [-0.15, -0.1) is 0 Å². The van der Waals surface area contributed by atoms with Crippen LogP contribution >= 0.6 is 11.3 Å². The molecule has 0 atom stereocenters. The van der Waals surface area contributed by atoms with Crippen molar-refractivity contribution in [1.82, 2.24) is 24.9 Å². The number of thiazole rings is 1. The molecule has 0 bridgehead atoms. The van der Waals surface area contributed by atoms with Gasteiger partial charge in [-0.2, -0.15) is 10.2 Å². The molecule has 10 heteroatoms. The van der Waals surface area contributed by atoms with Crippen LogP contribution in [0.1, 0.15) is 65.0 Å². The summed E-state index contributed by atoms with van der Waals surface area (Å²) < 4.78 is 5.59. The number of anilines is 1. The third-order valence-electron chi connectivity index (χ3n) is 6.78. The molecule has 2 aliphatic carbocycles. The lowest BCUT2D eigenvalue weighted by molar-refractivity contribution is 0.102. The Morgan fingerprint density at radius 2 is 1.89 bits per heavy atom. The van der Waals surface area contributed by atoms with Crippen LogP contribution in [0, 0.1) is 24.2 Å². The molecule has 4 heterocycles. The number of ether oxygens (including phenoxy) is 1. The minimum atomic E-state index is -0.320. The van der Waals surface area contributed by atoms with Crippen molar-refractivity contribution in [2.24, 2.45) is 5.92 Å². The first kappa shape index (κ1) is 22.5. The average Bonchev–Trinajstić information content (AvgIpc) is 3.63. The monoisotopic (exact) mass is 497 g/mol. The molecule has 180 valence electrons. The Bertz CT molecular complexity index is 1530. The van der Waals surface area contributed by atoms with E-state index < -0.39 is 0 Å². The highest BCUT2D eigenvalue weighted by Gasteiger charge is 2.32. The number of hydrogen-bond donors (Lipinski definition) is 1. The SMILES string of the molecule is COc1cnc(C2CC2)cc1-c1cc(C)ncc1C(=O)Nc1nc2ncc(C3CC(C#N)C3)nc2s1. The van der Waals surface area contributed by atoms with Gasteiger partial charge in [0.05, 0.1) is 36.8 Å². The lowest BCUT2D eigenvalue weighted by Gasteiger charge is -2.29. The van der Waals surface area contributed by atoms with Gasteiger partial charge in [-0.05, 0) is 44.7 Å². The van der Waals surface area contributed by atoms with Gasteiger partial charge in [0.1, 0.15) is 5.75 Å². The summed E-state index contributed by atoms with van der Waals surface area (Å²) in [6.45, 7) is 1.89. The van der Waals surface area contributed by atoms with E-state index in [9.17, 15) is 4.79 Å². The number of aromatic nitrogens is 5. The fourth-order valence-electron chi connectivity index (χ4n) is 4.51. The van der Waals surface area contributed by atoms with Crippen LogP contribution < -0.4 is 10.1 Å². The summed E-state index contributed by atoms with van der Waals surface area (Å²) in [5.74, 6) is 1.10. The summed E-state index contributed by atoms with van der Waals surface area (Å²) in [6, 6.07) is 6.21. The quantitative estimate of drug-likeness (QED) is 0.394. The van der Waals surface area contributed by atoms with Crippen molar-refractivity contribution >= 4 is 32.9 Å². The van der Waals surface area contributed by atoms with E-state index in [1.54, 1.807) is 25.7 Å². The Labute approximate surface area is 211 Å². The predicted molar refractivity (Wildman–Crippen MR) is 135 cm³/mol. The molecule has 0 radical (unpaired) electrons. The van der Waals surface area contributed by atoms with E-state index in [2.05, 4.69) is 31.3 Å². The second-order valence-corrected chi connectivity index (χ2v) is 10.3. The molecule has 0 unspecified atom stereocenters. The molecular weight excluding hydrogens is 474 g/mol. The lowest BCUT2D eigenvalue weighted by atomic mass is 9.74. The number of carbonyl (C=O) groups is 1. The number of methoxy groups -OCH3 is 1. The summed E-state index contributed by atoms with van der Waals surface area (Å²) in [4.78, 5) is 36.6. The van der Waals surface area contributed by atoms with Crippen molar-refractivity contribution < 1.29 is 9.53 Å². The second kappa shape index (κ2) is 8.91. The maximum absolute atomic E-state index is 13.4. The summed E-state index contributed by atoms with van der Waals surface area (Å²) in [5, 5.41) is 12.4. The van der Waals surface area contributed by atoms with Crippen LogP contribution in [0.3, 0.4) is 0 Å². The van der Waals surface area contributed by atoms with E-state index in [0.717, 1.165) is 53.9 Å². The number of nitriles is 1. The van der Waals surface area contributed by atoms with Crippen molar-refractivity contribution in [3.8, 4) is 22.9 Å². The molecule has 0 saturated heterocycles. The van der Waals surface area contributed by atoms with Crippen molar-refractivity contribution in [2.45, 2.75) is 44.4 Å². The van der Waals surface area contributed by atoms with Crippen molar-refractivity contribution in [3.63, 3.8) is 0 Å².